The molecule has 0 bridgehead atoms. The number of halogens is 1. The largest absolute Gasteiger partial charge is 0.265 e. The number of aromatic nitrogens is 2. The second kappa shape index (κ2) is 3.76. The average molecular weight is 186 g/mol. The molecule has 0 saturated heterocycles. The maximum atomic E-state index is 12.1. The van der Waals surface area contributed by atoms with Crippen LogP contribution in [0.25, 0.3) is 0 Å². The first-order chi connectivity index (χ1) is 5.63. The Hall–Kier alpha value is -0.770. The zero-order valence-corrected chi connectivity index (χ0v) is 7.99. The van der Waals surface area contributed by atoms with E-state index in [-0.39, 0.29) is 0 Å². The molecule has 0 aliphatic carbocycles. The van der Waals surface area contributed by atoms with Crippen LogP contribution < -0.4 is 0 Å². The minimum absolute atomic E-state index is 0.476. The third-order valence-corrected chi connectivity index (χ3v) is 1.67. The average Bonchev–Trinajstić information content (AvgIpc) is 2.31. The topological polar surface area (TPSA) is 17.8 Å². The van der Waals surface area contributed by atoms with Crippen molar-refractivity contribution in [3.05, 3.63) is 17.5 Å². The Labute approximate surface area is 76.4 Å². The van der Waals surface area contributed by atoms with Gasteiger partial charge in [0.05, 0.1) is 12.2 Å². The summed E-state index contributed by atoms with van der Waals surface area (Å²) in [7, 11) is 0. The highest BCUT2D eigenvalue weighted by Crippen LogP contribution is 2.04. The summed E-state index contributed by atoms with van der Waals surface area (Å²) in [4.78, 5) is 0.853. The quantitative estimate of drug-likeness (QED) is 0.672. The van der Waals surface area contributed by atoms with Crippen molar-refractivity contribution >= 4 is 17.1 Å². The molecule has 0 saturated carbocycles. The van der Waals surface area contributed by atoms with E-state index in [0.29, 0.717) is 12.2 Å². The standard InChI is InChI=1S/C8H11FN2S/c1-6-3-8(4-9)10-11(6)5-7(2)12/h3H,4-5H2,1-2H3. The normalized spacial score (nSPS) is 10.2. The van der Waals surface area contributed by atoms with Crippen LogP contribution in [0, 0.1) is 6.92 Å². The second-order valence-electron chi connectivity index (χ2n) is 2.77. The number of hydrogen-bond acceptors (Lipinski definition) is 2. The van der Waals surface area contributed by atoms with Crippen molar-refractivity contribution < 1.29 is 4.39 Å². The van der Waals surface area contributed by atoms with Crippen LogP contribution >= 0.6 is 12.2 Å². The number of alkyl halides is 1. The fourth-order valence-corrected chi connectivity index (χ4v) is 1.14. The number of aryl methyl sites for hydroxylation is 1. The first kappa shape index (κ1) is 9.32. The van der Waals surface area contributed by atoms with Gasteiger partial charge in [0.1, 0.15) is 6.67 Å². The minimum atomic E-state index is -0.510. The van der Waals surface area contributed by atoms with E-state index in [4.69, 9.17) is 12.2 Å². The first-order valence-corrected chi connectivity index (χ1v) is 4.13. The van der Waals surface area contributed by atoms with Gasteiger partial charge in [-0.3, -0.25) is 4.68 Å². The monoisotopic (exact) mass is 186 g/mol. The molecule has 1 aromatic rings. The number of hydrogen-bond donors (Lipinski definition) is 0. The van der Waals surface area contributed by atoms with E-state index in [2.05, 4.69) is 5.10 Å². The van der Waals surface area contributed by atoms with Crippen molar-refractivity contribution in [2.45, 2.75) is 27.1 Å². The van der Waals surface area contributed by atoms with Gasteiger partial charge in [-0.1, -0.05) is 12.2 Å². The lowest BCUT2D eigenvalue weighted by atomic mass is 10.4. The number of rotatable bonds is 3. The van der Waals surface area contributed by atoms with Crippen molar-refractivity contribution in [2.75, 3.05) is 0 Å². The van der Waals surface area contributed by atoms with Gasteiger partial charge in [-0.2, -0.15) is 5.10 Å². The third-order valence-electron chi connectivity index (χ3n) is 1.54. The van der Waals surface area contributed by atoms with Crippen LogP contribution in [0.15, 0.2) is 6.07 Å². The zero-order valence-electron chi connectivity index (χ0n) is 7.17. The van der Waals surface area contributed by atoms with Crippen molar-refractivity contribution in [1.29, 1.82) is 0 Å². The van der Waals surface area contributed by atoms with Gasteiger partial charge in [0.25, 0.3) is 0 Å². The van der Waals surface area contributed by atoms with E-state index in [9.17, 15) is 4.39 Å². The number of nitrogens with zero attached hydrogens (tertiary/aromatic N) is 2. The summed E-state index contributed by atoms with van der Waals surface area (Å²) in [5, 5.41) is 4.02. The predicted molar refractivity (Wildman–Crippen MR) is 50.0 cm³/mol. The van der Waals surface area contributed by atoms with Crippen LogP contribution in [-0.4, -0.2) is 14.6 Å². The molecule has 0 amide bonds. The number of thiocarbonyl (C=S) groups is 1. The summed E-state index contributed by atoms with van der Waals surface area (Å²) in [6, 6.07) is 1.73. The van der Waals surface area contributed by atoms with Crippen LogP contribution in [0.5, 0.6) is 0 Å². The van der Waals surface area contributed by atoms with Crippen molar-refractivity contribution in [3.8, 4) is 0 Å². The van der Waals surface area contributed by atoms with E-state index in [0.717, 1.165) is 10.6 Å². The van der Waals surface area contributed by atoms with Crippen LogP contribution in [0.2, 0.25) is 0 Å². The Morgan fingerprint density at radius 3 is 2.83 bits per heavy atom. The highest BCUT2D eigenvalue weighted by molar-refractivity contribution is 7.80. The summed E-state index contributed by atoms with van der Waals surface area (Å²) in [5.74, 6) is 0. The Bertz CT molecular complexity index is 293. The summed E-state index contributed by atoms with van der Waals surface area (Å²) >= 11 is 4.93. The summed E-state index contributed by atoms with van der Waals surface area (Å²) in [6.45, 7) is 3.83. The van der Waals surface area contributed by atoms with Gasteiger partial charge in [-0.05, 0) is 19.9 Å². The van der Waals surface area contributed by atoms with Gasteiger partial charge in [0.15, 0.2) is 0 Å². The van der Waals surface area contributed by atoms with Crippen LogP contribution in [0.4, 0.5) is 4.39 Å². The van der Waals surface area contributed by atoms with Gasteiger partial charge >= 0.3 is 0 Å². The molecule has 0 spiro atoms. The summed E-state index contributed by atoms with van der Waals surface area (Å²) in [6.07, 6.45) is 0. The molecule has 12 heavy (non-hydrogen) atoms. The smallest absolute Gasteiger partial charge is 0.133 e. The molecule has 0 radical (unpaired) electrons. The van der Waals surface area contributed by atoms with Gasteiger partial charge < -0.3 is 0 Å². The summed E-state index contributed by atoms with van der Waals surface area (Å²) in [5.41, 5.74) is 1.43. The molecule has 0 aliphatic rings. The van der Waals surface area contributed by atoms with E-state index >= 15 is 0 Å². The molecule has 0 aliphatic heterocycles. The minimum Gasteiger partial charge on any atom is -0.265 e. The second-order valence-corrected chi connectivity index (χ2v) is 3.47. The molecule has 0 N–H and O–H groups in total. The predicted octanol–water partition coefficient (Wildman–Crippen LogP) is 2.05. The van der Waals surface area contributed by atoms with E-state index in [1.165, 1.54) is 0 Å². The zero-order chi connectivity index (χ0) is 9.14. The highest BCUT2D eigenvalue weighted by atomic mass is 32.1. The van der Waals surface area contributed by atoms with Gasteiger partial charge in [0, 0.05) is 10.6 Å². The Morgan fingerprint density at radius 1 is 1.75 bits per heavy atom. The lowest BCUT2D eigenvalue weighted by Crippen LogP contribution is -2.07. The van der Waals surface area contributed by atoms with E-state index in [1.807, 2.05) is 13.8 Å². The molecule has 66 valence electrons. The first-order valence-electron chi connectivity index (χ1n) is 3.72. The summed E-state index contributed by atoms with van der Waals surface area (Å²) < 4.78 is 13.9. The SMILES string of the molecule is CC(=S)Cn1nc(CF)cc1C. The molecular formula is C8H11FN2S. The van der Waals surface area contributed by atoms with Crippen LogP contribution in [0.3, 0.4) is 0 Å². The van der Waals surface area contributed by atoms with Gasteiger partial charge in [0.2, 0.25) is 0 Å². The van der Waals surface area contributed by atoms with Crippen molar-refractivity contribution in [3.63, 3.8) is 0 Å². The van der Waals surface area contributed by atoms with E-state index in [1.54, 1.807) is 10.7 Å². The molecule has 1 heterocycles. The molecule has 4 heteroatoms. The van der Waals surface area contributed by atoms with E-state index < -0.39 is 6.67 Å². The van der Waals surface area contributed by atoms with Gasteiger partial charge in [-0.15, -0.1) is 0 Å². The van der Waals surface area contributed by atoms with Crippen LogP contribution in [0.1, 0.15) is 18.3 Å². The highest BCUT2D eigenvalue weighted by Gasteiger charge is 2.03. The van der Waals surface area contributed by atoms with Crippen LogP contribution in [-0.2, 0) is 13.2 Å². The molecule has 0 aromatic carbocycles. The fourth-order valence-electron chi connectivity index (χ4n) is 1.01. The lowest BCUT2D eigenvalue weighted by molar-refractivity contribution is 0.470. The molecule has 1 rings (SSSR count). The third kappa shape index (κ3) is 2.11. The maximum Gasteiger partial charge on any atom is 0.133 e. The molecule has 0 unspecified atom stereocenters. The Balaban J connectivity index is 2.84. The fraction of sp³-hybridized carbons (Fsp3) is 0.500. The molecule has 2 nitrogen and oxygen atoms in total. The maximum absolute atomic E-state index is 12.1. The molecule has 1 aromatic heterocycles. The van der Waals surface area contributed by atoms with Gasteiger partial charge in [-0.25, -0.2) is 4.39 Å². The van der Waals surface area contributed by atoms with Crippen molar-refractivity contribution in [1.82, 2.24) is 9.78 Å². The Morgan fingerprint density at radius 2 is 2.42 bits per heavy atom. The molecule has 0 atom stereocenters. The molecule has 0 fully saturated rings. The molecular weight excluding hydrogens is 175 g/mol. The van der Waals surface area contributed by atoms with Crippen molar-refractivity contribution in [2.24, 2.45) is 0 Å². The Kier molecular flexibility index (Phi) is 2.92. The lowest BCUT2D eigenvalue weighted by Gasteiger charge is -2.00.